The molecule has 0 aromatic heterocycles. The van der Waals surface area contributed by atoms with E-state index in [1.165, 1.54) is 4.90 Å². The molecule has 2 aliphatic rings. The van der Waals surface area contributed by atoms with Gasteiger partial charge >= 0.3 is 6.03 Å². The number of carbonyl (C=O) groups is 2. The summed E-state index contributed by atoms with van der Waals surface area (Å²) in [5.74, 6) is 0.632. The Morgan fingerprint density at radius 3 is 2.41 bits per heavy atom. The number of carbonyl (C=O) groups excluding carboxylic acids is 2. The summed E-state index contributed by atoms with van der Waals surface area (Å²) >= 11 is 0. The van der Waals surface area contributed by atoms with Gasteiger partial charge in [0.2, 0.25) is 0 Å². The monoisotopic (exact) mass is 394 g/mol. The molecular weight excluding hydrogens is 368 g/mol. The highest BCUT2D eigenvalue weighted by atomic mass is 16.5. The van der Waals surface area contributed by atoms with Crippen LogP contribution in [0.2, 0.25) is 0 Å². The van der Waals surface area contributed by atoms with Crippen molar-refractivity contribution >= 4 is 11.9 Å². The van der Waals surface area contributed by atoms with E-state index in [9.17, 15) is 9.59 Å². The lowest BCUT2D eigenvalue weighted by Gasteiger charge is -2.39. The van der Waals surface area contributed by atoms with E-state index in [-0.39, 0.29) is 17.4 Å². The molecule has 4 rings (SSSR count). The van der Waals surface area contributed by atoms with Crippen LogP contribution >= 0.6 is 0 Å². The minimum Gasteiger partial charge on any atom is -0.497 e. The number of nitrogens with zero attached hydrogens (tertiary/aromatic N) is 1. The molecule has 2 aromatic rings. The zero-order valence-electron chi connectivity index (χ0n) is 16.6. The number of nitrogens with one attached hydrogen (secondary N) is 1. The molecule has 2 saturated heterocycles. The minimum atomic E-state index is -0.516. The van der Waals surface area contributed by atoms with Crippen molar-refractivity contribution in [3.63, 3.8) is 0 Å². The average molecular weight is 394 g/mol. The lowest BCUT2D eigenvalue weighted by Crippen LogP contribution is -2.47. The molecule has 0 aliphatic carbocycles. The van der Waals surface area contributed by atoms with Crippen LogP contribution in [-0.2, 0) is 21.4 Å². The lowest BCUT2D eigenvalue weighted by atomic mass is 9.73. The largest absolute Gasteiger partial charge is 0.497 e. The van der Waals surface area contributed by atoms with E-state index in [1.54, 1.807) is 7.11 Å². The lowest BCUT2D eigenvalue weighted by molar-refractivity contribution is -0.128. The SMILES string of the molecule is COc1ccc(C2(CN3C(=O)NC(Cc4ccccc4)C3=O)CCOCC2)cc1. The summed E-state index contributed by atoms with van der Waals surface area (Å²) < 4.78 is 10.9. The zero-order chi connectivity index (χ0) is 20.3. The highest BCUT2D eigenvalue weighted by Gasteiger charge is 2.44. The van der Waals surface area contributed by atoms with E-state index in [2.05, 4.69) is 5.32 Å². The first-order valence-corrected chi connectivity index (χ1v) is 9.99. The van der Waals surface area contributed by atoms with Gasteiger partial charge in [0.05, 0.1) is 7.11 Å². The van der Waals surface area contributed by atoms with Gasteiger partial charge in [0.25, 0.3) is 5.91 Å². The van der Waals surface area contributed by atoms with Gasteiger partial charge < -0.3 is 14.8 Å². The Hall–Kier alpha value is -2.86. The number of hydrogen-bond donors (Lipinski definition) is 1. The molecule has 0 bridgehead atoms. The van der Waals surface area contributed by atoms with E-state index >= 15 is 0 Å². The number of amides is 3. The fourth-order valence-corrected chi connectivity index (χ4v) is 4.26. The fourth-order valence-electron chi connectivity index (χ4n) is 4.26. The second-order valence-electron chi connectivity index (χ2n) is 7.74. The first-order chi connectivity index (χ1) is 14.1. The van der Waals surface area contributed by atoms with Crippen molar-refractivity contribution in [2.75, 3.05) is 26.9 Å². The summed E-state index contributed by atoms with van der Waals surface area (Å²) in [6.45, 7) is 1.59. The number of methoxy groups -OCH3 is 1. The quantitative estimate of drug-likeness (QED) is 0.765. The Labute approximate surface area is 170 Å². The predicted octanol–water partition coefficient (Wildman–Crippen LogP) is 2.91. The van der Waals surface area contributed by atoms with Gasteiger partial charge in [-0.05, 0) is 36.1 Å². The van der Waals surface area contributed by atoms with E-state index in [0.29, 0.717) is 26.2 Å². The van der Waals surface area contributed by atoms with E-state index in [1.807, 2.05) is 54.6 Å². The smallest absolute Gasteiger partial charge is 0.324 e. The van der Waals surface area contributed by atoms with Crippen LogP contribution in [0.25, 0.3) is 0 Å². The van der Waals surface area contributed by atoms with Crippen molar-refractivity contribution in [1.82, 2.24) is 10.2 Å². The van der Waals surface area contributed by atoms with Gasteiger partial charge in [0, 0.05) is 31.6 Å². The predicted molar refractivity (Wildman–Crippen MR) is 109 cm³/mol. The third-order valence-electron chi connectivity index (χ3n) is 6.00. The van der Waals surface area contributed by atoms with E-state index in [4.69, 9.17) is 9.47 Å². The van der Waals surface area contributed by atoms with E-state index in [0.717, 1.165) is 29.7 Å². The second kappa shape index (κ2) is 8.25. The molecule has 1 N–H and O–H groups in total. The van der Waals surface area contributed by atoms with Crippen molar-refractivity contribution < 1.29 is 19.1 Å². The summed E-state index contributed by atoms with van der Waals surface area (Å²) in [7, 11) is 1.64. The maximum Gasteiger partial charge on any atom is 0.324 e. The van der Waals surface area contributed by atoms with Crippen molar-refractivity contribution in [3.05, 3.63) is 65.7 Å². The van der Waals surface area contributed by atoms with Crippen LogP contribution in [0.5, 0.6) is 5.75 Å². The van der Waals surface area contributed by atoms with Gasteiger partial charge in [-0.25, -0.2) is 4.79 Å². The van der Waals surface area contributed by atoms with Crippen LogP contribution in [0.3, 0.4) is 0 Å². The molecule has 2 heterocycles. The number of rotatable bonds is 6. The van der Waals surface area contributed by atoms with Crippen LogP contribution in [0.15, 0.2) is 54.6 Å². The summed E-state index contributed by atoms with van der Waals surface area (Å²) in [6.07, 6.45) is 2.03. The number of ether oxygens (including phenoxy) is 2. The van der Waals surface area contributed by atoms with Crippen LogP contribution in [0.4, 0.5) is 4.79 Å². The number of imide groups is 1. The number of benzene rings is 2. The summed E-state index contributed by atoms with van der Waals surface area (Å²) in [4.78, 5) is 27.1. The molecule has 3 amide bonds. The zero-order valence-corrected chi connectivity index (χ0v) is 16.6. The Kier molecular flexibility index (Phi) is 5.53. The summed E-state index contributed by atoms with van der Waals surface area (Å²) in [6, 6.07) is 16.9. The van der Waals surface area contributed by atoms with Gasteiger partial charge in [-0.3, -0.25) is 9.69 Å². The number of urea groups is 1. The van der Waals surface area contributed by atoms with Crippen molar-refractivity contribution in [3.8, 4) is 5.75 Å². The van der Waals surface area contributed by atoms with Crippen LogP contribution < -0.4 is 10.1 Å². The van der Waals surface area contributed by atoms with Gasteiger partial charge in [-0.2, -0.15) is 0 Å². The van der Waals surface area contributed by atoms with Gasteiger partial charge in [0.15, 0.2) is 0 Å². The molecule has 2 aliphatic heterocycles. The van der Waals surface area contributed by atoms with Gasteiger partial charge in [0.1, 0.15) is 11.8 Å². The first kappa shape index (κ1) is 19.5. The maximum absolute atomic E-state index is 13.1. The Balaban J connectivity index is 1.55. The third-order valence-corrected chi connectivity index (χ3v) is 6.00. The highest BCUT2D eigenvalue weighted by molar-refractivity contribution is 6.04. The Morgan fingerprint density at radius 2 is 1.76 bits per heavy atom. The standard InChI is InChI=1S/C23H26N2O4/c1-28-19-9-7-18(8-10-19)23(11-13-29-14-12-23)16-25-21(26)20(24-22(25)27)15-17-5-3-2-4-6-17/h2-10,20H,11-16H2,1H3,(H,24,27). The normalized spacial score (nSPS) is 21.1. The van der Waals surface area contributed by atoms with Gasteiger partial charge in [-0.15, -0.1) is 0 Å². The highest BCUT2D eigenvalue weighted by Crippen LogP contribution is 2.37. The minimum absolute atomic E-state index is 0.154. The second-order valence-corrected chi connectivity index (χ2v) is 7.74. The van der Waals surface area contributed by atoms with Gasteiger partial charge in [-0.1, -0.05) is 42.5 Å². The Morgan fingerprint density at radius 1 is 1.07 bits per heavy atom. The first-order valence-electron chi connectivity index (χ1n) is 9.99. The van der Waals surface area contributed by atoms with Crippen LogP contribution in [0.1, 0.15) is 24.0 Å². The Bertz CT molecular complexity index is 860. The molecule has 2 aromatic carbocycles. The van der Waals surface area contributed by atoms with Crippen LogP contribution in [-0.4, -0.2) is 49.7 Å². The molecule has 152 valence electrons. The average Bonchev–Trinajstić information content (AvgIpc) is 3.02. The molecule has 1 unspecified atom stereocenters. The summed E-state index contributed by atoms with van der Waals surface area (Å²) in [5.41, 5.74) is 1.83. The molecule has 1 atom stereocenters. The molecule has 2 fully saturated rings. The summed E-state index contributed by atoms with van der Waals surface area (Å²) in [5, 5.41) is 2.86. The molecular formula is C23H26N2O4. The topological polar surface area (TPSA) is 67.9 Å². The molecule has 29 heavy (non-hydrogen) atoms. The molecule has 6 nitrogen and oxygen atoms in total. The molecule has 0 spiro atoms. The molecule has 6 heteroatoms. The van der Waals surface area contributed by atoms with Crippen molar-refractivity contribution in [2.45, 2.75) is 30.7 Å². The fraction of sp³-hybridized carbons (Fsp3) is 0.391. The van der Waals surface area contributed by atoms with E-state index < -0.39 is 6.04 Å². The molecule has 0 saturated carbocycles. The molecule has 0 radical (unpaired) electrons. The number of hydrogen-bond acceptors (Lipinski definition) is 4. The van der Waals surface area contributed by atoms with Crippen molar-refractivity contribution in [2.24, 2.45) is 0 Å². The maximum atomic E-state index is 13.1. The van der Waals surface area contributed by atoms with Crippen LogP contribution in [0, 0.1) is 0 Å². The van der Waals surface area contributed by atoms with Crippen molar-refractivity contribution in [1.29, 1.82) is 0 Å². The third kappa shape index (κ3) is 3.98.